The molecule has 4 nitrogen and oxygen atoms in total. The van der Waals surface area contributed by atoms with Gasteiger partial charge >= 0.3 is 0 Å². The quantitative estimate of drug-likeness (QED) is 0.872. The maximum atomic E-state index is 12.6. The lowest BCUT2D eigenvalue weighted by molar-refractivity contribution is -0.127. The second-order valence-corrected chi connectivity index (χ2v) is 9.30. The van der Waals surface area contributed by atoms with Crippen LogP contribution < -0.4 is 5.32 Å². The Morgan fingerprint density at radius 2 is 2.00 bits per heavy atom. The van der Waals surface area contributed by atoms with Crippen molar-refractivity contribution in [2.45, 2.75) is 65.1 Å². The van der Waals surface area contributed by atoms with Crippen LogP contribution in [0.25, 0.3) is 0 Å². The van der Waals surface area contributed by atoms with Gasteiger partial charge in [0, 0.05) is 28.4 Å². The van der Waals surface area contributed by atoms with Gasteiger partial charge in [-0.15, -0.1) is 11.3 Å². The Hall–Kier alpha value is -0.910. The lowest BCUT2D eigenvalue weighted by Gasteiger charge is -2.43. The molecule has 2 saturated heterocycles. The number of nitrogens with zero attached hydrogens (tertiary/aromatic N) is 2. The molecule has 140 valence electrons. The van der Waals surface area contributed by atoms with Crippen molar-refractivity contribution in [2.24, 2.45) is 5.92 Å². The van der Waals surface area contributed by atoms with Crippen LogP contribution in [0.3, 0.4) is 0 Å². The number of amides is 1. The van der Waals surface area contributed by atoms with E-state index in [1.807, 2.05) is 0 Å². The van der Waals surface area contributed by atoms with Crippen LogP contribution in [0, 0.1) is 12.8 Å². The molecular formula is C20H33N3OS. The number of piperidine rings is 2. The minimum Gasteiger partial charge on any atom is -0.351 e. The lowest BCUT2D eigenvalue weighted by atomic mass is 9.93. The van der Waals surface area contributed by atoms with Crippen LogP contribution in [0.4, 0.5) is 0 Å². The molecule has 2 fully saturated rings. The minimum absolute atomic E-state index is 0.165. The van der Waals surface area contributed by atoms with E-state index in [1.165, 1.54) is 42.2 Å². The van der Waals surface area contributed by atoms with Crippen LogP contribution in [0.5, 0.6) is 0 Å². The third-order valence-corrected chi connectivity index (χ3v) is 6.80. The summed E-state index contributed by atoms with van der Waals surface area (Å²) in [5.74, 6) is 0.410. The van der Waals surface area contributed by atoms with Crippen LogP contribution in [-0.4, -0.2) is 54.0 Å². The molecule has 0 spiro atoms. The standard InChI is InChI=1S/C20H33N3OS/c1-15(2)22-11-8-18(9-12-22)23-10-4-5-17(14-23)20(24)21-13-19-7-6-16(3)25-19/h6-7,15,17-18H,4-5,8-14H2,1-3H3,(H,21,24)/t17-/m1/s1. The van der Waals surface area contributed by atoms with Gasteiger partial charge < -0.3 is 10.2 Å². The molecular weight excluding hydrogens is 330 g/mol. The highest BCUT2D eigenvalue weighted by molar-refractivity contribution is 7.11. The Labute approximate surface area is 156 Å². The second kappa shape index (κ2) is 8.65. The number of nitrogens with one attached hydrogen (secondary N) is 1. The van der Waals surface area contributed by atoms with Crippen LogP contribution in [0.1, 0.15) is 49.3 Å². The van der Waals surface area contributed by atoms with Gasteiger partial charge in [-0.3, -0.25) is 9.69 Å². The molecule has 5 heteroatoms. The molecule has 1 amide bonds. The van der Waals surface area contributed by atoms with Crippen molar-refractivity contribution in [1.82, 2.24) is 15.1 Å². The Morgan fingerprint density at radius 1 is 1.24 bits per heavy atom. The summed E-state index contributed by atoms with van der Waals surface area (Å²) >= 11 is 1.77. The lowest BCUT2D eigenvalue weighted by Crippen LogP contribution is -2.51. The molecule has 1 atom stereocenters. The van der Waals surface area contributed by atoms with E-state index in [-0.39, 0.29) is 11.8 Å². The number of carbonyl (C=O) groups is 1. The van der Waals surface area contributed by atoms with Gasteiger partial charge in [0.2, 0.25) is 5.91 Å². The van der Waals surface area contributed by atoms with E-state index in [4.69, 9.17) is 0 Å². The molecule has 2 aliphatic rings. The maximum Gasteiger partial charge on any atom is 0.224 e. The fourth-order valence-corrected chi connectivity index (χ4v) is 5.05. The van der Waals surface area contributed by atoms with Gasteiger partial charge in [0.15, 0.2) is 0 Å². The third kappa shape index (κ3) is 5.05. The summed E-state index contributed by atoms with van der Waals surface area (Å²) in [6.07, 6.45) is 4.69. The SMILES string of the molecule is Cc1ccc(CNC(=O)[C@@H]2CCCN(C3CCN(C(C)C)CC3)C2)s1. The van der Waals surface area contributed by atoms with Crippen LogP contribution in [-0.2, 0) is 11.3 Å². The predicted molar refractivity (Wildman–Crippen MR) is 105 cm³/mol. The molecule has 1 aromatic heterocycles. The first-order valence-electron chi connectivity index (χ1n) is 9.84. The number of aryl methyl sites for hydroxylation is 1. The molecule has 0 radical (unpaired) electrons. The summed E-state index contributed by atoms with van der Waals surface area (Å²) in [7, 11) is 0. The molecule has 1 N–H and O–H groups in total. The van der Waals surface area contributed by atoms with Crippen LogP contribution >= 0.6 is 11.3 Å². The molecule has 3 heterocycles. The van der Waals surface area contributed by atoms with E-state index in [0.717, 1.165) is 19.4 Å². The zero-order valence-electron chi connectivity index (χ0n) is 16.0. The average Bonchev–Trinajstić information content (AvgIpc) is 3.05. The van der Waals surface area contributed by atoms with Crippen molar-refractivity contribution >= 4 is 17.2 Å². The van der Waals surface area contributed by atoms with Crippen molar-refractivity contribution in [3.8, 4) is 0 Å². The number of hydrogen-bond donors (Lipinski definition) is 1. The van der Waals surface area contributed by atoms with Crippen molar-refractivity contribution in [3.05, 3.63) is 21.9 Å². The molecule has 2 aliphatic heterocycles. The zero-order chi connectivity index (χ0) is 17.8. The highest BCUT2D eigenvalue weighted by atomic mass is 32.1. The number of thiophene rings is 1. The van der Waals surface area contributed by atoms with E-state index >= 15 is 0 Å². The highest BCUT2D eigenvalue weighted by Crippen LogP contribution is 2.25. The van der Waals surface area contributed by atoms with Crippen LogP contribution in [0.2, 0.25) is 0 Å². The largest absolute Gasteiger partial charge is 0.351 e. The Bertz CT molecular complexity index is 563. The van der Waals surface area contributed by atoms with Gasteiger partial charge in [0.25, 0.3) is 0 Å². The molecule has 0 bridgehead atoms. The zero-order valence-corrected chi connectivity index (χ0v) is 16.8. The van der Waals surface area contributed by atoms with Gasteiger partial charge in [-0.1, -0.05) is 0 Å². The minimum atomic E-state index is 0.165. The molecule has 0 saturated carbocycles. The molecule has 3 rings (SSSR count). The van der Waals surface area contributed by atoms with Gasteiger partial charge in [0.05, 0.1) is 12.5 Å². The molecule has 25 heavy (non-hydrogen) atoms. The second-order valence-electron chi connectivity index (χ2n) is 7.93. The smallest absolute Gasteiger partial charge is 0.224 e. The first-order chi connectivity index (χ1) is 12.0. The van der Waals surface area contributed by atoms with E-state index in [9.17, 15) is 4.79 Å². The van der Waals surface area contributed by atoms with Gasteiger partial charge in [-0.2, -0.15) is 0 Å². The number of carbonyl (C=O) groups excluding carboxylic acids is 1. The van der Waals surface area contributed by atoms with Gasteiger partial charge in [0.1, 0.15) is 0 Å². The monoisotopic (exact) mass is 363 g/mol. The van der Waals surface area contributed by atoms with E-state index < -0.39 is 0 Å². The van der Waals surface area contributed by atoms with Crippen molar-refractivity contribution in [2.75, 3.05) is 26.2 Å². The fourth-order valence-electron chi connectivity index (χ4n) is 4.22. The third-order valence-electron chi connectivity index (χ3n) is 5.80. The van der Waals surface area contributed by atoms with E-state index in [0.29, 0.717) is 18.6 Å². The first kappa shape index (κ1) is 18.9. The number of rotatable bonds is 5. The number of likely N-dealkylation sites (tertiary alicyclic amines) is 2. The number of hydrogen-bond acceptors (Lipinski definition) is 4. The summed E-state index contributed by atoms with van der Waals surface area (Å²) in [6, 6.07) is 5.57. The fraction of sp³-hybridized carbons (Fsp3) is 0.750. The van der Waals surface area contributed by atoms with Crippen molar-refractivity contribution < 1.29 is 4.79 Å². The summed E-state index contributed by atoms with van der Waals surface area (Å²) in [6.45, 7) is 11.9. The summed E-state index contributed by atoms with van der Waals surface area (Å²) in [4.78, 5) is 20.3. The summed E-state index contributed by atoms with van der Waals surface area (Å²) < 4.78 is 0. The van der Waals surface area contributed by atoms with Crippen LogP contribution in [0.15, 0.2) is 12.1 Å². The first-order valence-corrected chi connectivity index (χ1v) is 10.7. The summed E-state index contributed by atoms with van der Waals surface area (Å²) in [5, 5.41) is 3.16. The topological polar surface area (TPSA) is 35.6 Å². The van der Waals surface area contributed by atoms with E-state index in [2.05, 4.69) is 48.0 Å². The Balaban J connectivity index is 1.46. The van der Waals surface area contributed by atoms with Gasteiger partial charge in [-0.25, -0.2) is 0 Å². The normalized spacial score (nSPS) is 23.9. The summed E-state index contributed by atoms with van der Waals surface area (Å²) in [5.41, 5.74) is 0. The van der Waals surface area contributed by atoms with E-state index in [1.54, 1.807) is 11.3 Å². The van der Waals surface area contributed by atoms with Gasteiger partial charge in [-0.05, 0) is 78.2 Å². The average molecular weight is 364 g/mol. The predicted octanol–water partition coefficient (Wildman–Crippen LogP) is 3.26. The van der Waals surface area contributed by atoms with Crippen molar-refractivity contribution in [1.29, 1.82) is 0 Å². The maximum absolute atomic E-state index is 12.6. The molecule has 0 aromatic carbocycles. The van der Waals surface area contributed by atoms with Crippen molar-refractivity contribution in [3.63, 3.8) is 0 Å². The Morgan fingerprint density at radius 3 is 2.64 bits per heavy atom. The molecule has 0 unspecified atom stereocenters. The Kier molecular flexibility index (Phi) is 6.53. The highest BCUT2D eigenvalue weighted by Gasteiger charge is 2.31. The molecule has 1 aromatic rings. The molecule has 0 aliphatic carbocycles.